The summed E-state index contributed by atoms with van der Waals surface area (Å²) in [5.74, 6) is 0.715. The fourth-order valence-electron chi connectivity index (χ4n) is 4.80. The molecule has 0 saturated heterocycles. The molecule has 0 aromatic heterocycles. The van der Waals surface area contributed by atoms with Crippen molar-refractivity contribution in [1.82, 2.24) is 0 Å². The second-order valence-corrected chi connectivity index (χ2v) is 8.03. The molecule has 0 bridgehead atoms. The van der Waals surface area contributed by atoms with Gasteiger partial charge in [0.25, 0.3) is 0 Å². The van der Waals surface area contributed by atoms with Crippen molar-refractivity contribution >= 4 is 0 Å². The van der Waals surface area contributed by atoms with Gasteiger partial charge < -0.3 is 14.2 Å². The molecule has 0 aromatic carbocycles. The van der Waals surface area contributed by atoms with Crippen LogP contribution >= 0.6 is 0 Å². The van der Waals surface area contributed by atoms with Gasteiger partial charge in [-0.25, -0.2) is 0 Å². The molecule has 0 N–H and O–H groups in total. The molecule has 6 atom stereocenters. The third-order valence-corrected chi connectivity index (χ3v) is 6.32. The van der Waals surface area contributed by atoms with Crippen molar-refractivity contribution in [1.29, 1.82) is 0 Å². The molecule has 3 heteroatoms. The Kier molecular flexibility index (Phi) is 6.79. The van der Waals surface area contributed by atoms with Crippen molar-refractivity contribution in [3.05, 3.63) is 0 Å². The van der Waals surface area contributed by atoms with Gasteiger partial charge in [0.1, 0.15) is 0 Å². The van der Waals surface area contributed by atoms with E-state index in [4.69, 9.17) is 14.2 Å². The van der Waals surface area contributed by atoms with Crippen molar-refractivity contribution in [2.75, 3.05) is 7.11 Å². The summed E-state index contributed by atoms with van der Waals surface area (Å²) in [5, 5.41) is 0. The summed E-state index contributed by atoms with van der Waals surface area (Å²) >= 11 is 0. The average molecular weight is 325 g/mol. The number of hydrogen-bond acceptors (Lipinski definition) is 3. The van der Waals surface area contributed by atoms with Gasteiger partial charge in [0.15, 0.2) is 0 Å². The number of ether oxygens (including phenoxy) is 3. The first-order chi connectivity index (χ1) is 11.3. The Balaban J connectivity index is 1.57. The Hall–Kier alpha value is -0.120. The number of methoxy groups -OCH3 is 1. The van der Waals surface area contributed by atoms with Gasteiger partial charge >= 0.3 is 0 Å². The third-order valence-electron chi connectivity index (χ3n) is 6.32. The summed E-state index contributed by atoms with van der Waals surface area (Å²) in [7, 11) is 1.84. The van der Waals surface area contributed by atoms with Crippen LogP contribution in [0.3, 0.4) is 0 Å². The first kappa shape index (κ1) is 17.7. The molecule has 0 radical (unpaired) electrons. The van der Waals surface area contributed by atoms with E-state index in [1.165, 1.54) is 64.2 Å². The largest absolute Gasteiger partial charge is 0.379 e. The molecule has 3 fully saturated rings. The second-order valence-electron chi connectivity index (χ2n) is 8.03. The standard InChI is InChI=1S/C20H36O3/c1-15-9-3-4-10-16(15)22-19-13-7-8-14-20(19)23-18-12-6-5-11-17(18)21-2/h15-20H,3-14H2,1-2H3. The lowest BCUT2D eigenvalue weighted by Gasteiger charge is -2.41. The van der Waals surface area contributed by atoms with Crippen molar-refractivity contribution in [3.8, 4) is 0 Å². The Bertz CT molecular complexity index is 346. The summed E-state index contributed by atoms with van der Waals surface area (Å²) in [4.78, 5) is 0. The molecule has 3 nitrogen and oxygen atoms in total. The SMILES string of the molecule is COC1CCCCC1OC1CCCCC1OC1CCCCC1C. The topological polar surface area (TPSA) is 27.7 Å². The summed E-state index contributed by atoms with van der Waals surface area (Å²) in [6.45, 7) is 2.37. The Labute approximate surface area is 142 Å². The van der Waals surface area contributed by atoms with E-state index in [1.54, 1.807) is 0 Å². The zero-order chi connectivity index (χ0) is 16.1. The minimum Gasteiger partial charge on any atom is -0.379 e. The first-order valence-electron chi connectivity index (χ1n) is 10.1. The number of hydrogen-bond donors (Lipinski definition) is 0. The van der Waals surface area contributed by atoms with E-state index in [9.17, 15) is 0 Å². The van der Waals surface area contributed by atoms with E-state index in [0.29, 0.717) is 30.3 Å². The monoisotopic (exact) mass is 324 g/mol. The maximum atomic E-state index is 6.60. The van der Waals surface area contributed by atoms with E-state index >= 15 is 0 Å². The quantitative estimate of drug-likeness (QED) is 0.722. The molecule has 134 valence electrons. The molecule has 3 rings (SSSR count). The second kappa shape index (κ2) is 8.82. The third kappa shape index (κ3) is 4.70. The van der Waals surface area contributed by atoms with Crippen molar-refractivity contribution < 1.29 is 14.2 Å². The molecule has 23 heavy (non-hydrogen) atoms. The van der Waals surface area contributed by atoms with Crippen LogP contribution < -0.4 is 0 Å². The molecule has 0 spiro atoms. The van der Waals surface area contributed by atoms with Gasteiger partial charge in [0, 0.05) is 7.11 Å². The smallest absolute Gasteiger partial charge is 0.0841 e. The highest BCUT2D eigenvalue weighted by Crippen LogP contribution is 2.34. The highest BCUT2D eigenvalue weighted by molar-refractivity contribution is 4.84. The van der Waals surface area contributed by atoms with Crippen LogP contribution in [0.4, 0.5) is 0 Å². The van der Waals surface area contributed by atoms with E-state index < -0.39 is 0 Å². The number of rotatable bonds is 5. The first-order valence-corrected chi connectivity index (χ1v) is 10.1. The molecular weight excluding hydrogens is 288 g/mol. The van der Waals surface area contributed by atoms with Crippen LogP contribution in [0.25, 0.3) is 0 Å². The van der Waals surface area contributed by atoms with Crippen molar-refractivity contribution in [2.45, 2.75) is 114 Å². The predicted octanol–water partition coefficient (Wildman–Crippen LogP) is 4.87. The Morgan fingerprint density at radius 3 is 1.43 bits per heavy atom. The molecular formula is C20H36O3. The lowest BCUT2D eigenvalue weighted by Crippen LogP contribution is -2.45. The lowest BCUT2D eigenvalue weighted by atomic mass is 9.87. The van der Waals surface area contributed by atoms with E-state index in [2.05, 4.69) is 6.92 Å². The molecule has 0 aromatic rings. The van der Waals surface area contributed by atoms with E-state index in [1.807, 2.05) is 7.11 Å². The van der Waals surface area contributed by atoms with E-state index in [-0.39, 0.29) is 6.10 Å². The lowest BCUT2D eigenvalue weighted by molar-refractivity contribution is -0.178. The van der Waals surface area contributed by atoms with Crippen LogP contribution in [0.1, 0.15) is 84.0 Å². The molecule has 0 aliphatic heterocycles. The summed E-state index contributed by atoms with van der Waals surface area (Å²) in [5.41, 5.74) is 0. The molecule has 3 aliphatic rings. The maximum absolute atomic E-state index is 6.60. The van der Waals surface area contributed by atoms with Gasteiger partial charge in [-0.2, -0.15) is 0 Å². The maximum Gasteiger partial charge on any atom is 0.0841 e. The van der Waals surface area contributed by atoms with Crippen molar-refractivity contribution in [3.63, 3.8) is 0 Å². The molecule has 0 amide bonds. The summed E-state index contributed by atoms with van der Waals surface area (Å²) in [6.07, 6.45) is 16.7. The van der Waals surface area contributed by atoms with Gasteiger partial charge in [-0.3, -0.25) is 0 Å². The molecule has 3 saturated carbocycles. The molecule has 3 aliphatic carbocycles. The van der Waals surface area contributed by atoms with Gasteiger partial charge in [0.05, 0.1) is 30.5 Å². The Morgan fingerprint density at radius 1 is 0.522 bits per heavy atom. The zero-order valence-electron chi connectivity index (χ0n) is 15.2. The fraction of sp³-hybridized carbons (Fsp3) is 1.00. The van der Waals surface area contributed by atoms with Crippen molar-refractivity contribution in [2.24, 2.45) is 5.92 Å². The average Bonchev–Trinajstić information content (AvgIpc) is 2.59. The van der Waals surface area contributed by atoms with Crippen LogP contribution in [0, 0.1) is 5.92 Å². The van der Waals surface area contributed by atoms with Crippen LogP contribution in [0.5, 0.6) is 0 Å². The van der Waals surface area contributed by atoms with Gasteiger partial charge in [-0.05, 0) is 44.4 Å². The zero-order valence-corrected chi connectivity index (χ0v) is 15.2. The van der Waals surface area contributed by atoms with E-state index in [0.717, 1.165) is 12.8 Å². The highest BCUT2D eigenvalue weighted by Gasteiger charge is 2.35. The molecule has 6 unspecified atom stereocenters. The van der Waals surface area contributed by atoms with Gasteiger partial charge in [-0.1, -0.05) is 45.4 Å². The predicted molar refractivity (Wildman–Crippen MR) is 92.7 cm³/mol. The van der Waals surface area contributed by atoms with Crippen LogP contribution in [0.2, 0.25) is 0 Å². The summed E-state index contributed by atoms with van der Waals surface area (Å²) in [6, 6.07) is 0. The van der Waals surface area contributed by atoms with Gasteiger partial charge in [0.2, 0.25) is 0 Å². The minimum absolute atomic E-state index is 0.284. The Morgan fingerprint density at radius 2 is 0.913 bits per heavy atom. The van der Waals surface area contributed by atoms with Gasteiger partial charge in [-0.15, -0.1) is 0 Å². The fourth-order valence-corrected chi connectivity index (χ4v) is 4.80. The van der Waals surface area contributed by atoms with Crippen LogP contribution in [-0.2, 0) is 14.2 Å². The van der Waals surface area contributed by atoms with Crippen LogP contribution in [-0.4, -0.2) is 37.6 Å². The highest BCUT2D eigenvalue weighted by atomic mass is 16.6. The summed E-state index contributed by atoms with van der Waals surface area (Å²) < 4.78 is 18.9. The minimum atomic E-state index is 0.284. The molecule has 0 heterocycles. The normalized spacial score (nSPS) is 42.5. The van der Waals surface area contributed by atoms with Crippen LogP contribution in [0.15, 0.2) is 0 Å².